The Bertz CT molecular complexity index is 835. The molecule has 0 aromatic heterocycles. The molecule has 0 aliphatic carbocycles. The summed E-state index contributed by atoms with van der Waals surface area (Å²) in [4.78, 5) is 16.4. The van der Waals surface area contributed by atoms with Crippen molar-refractivity contribution in [1.29, 1.82) is 0 Å². The maximum absolute atomic E-state index is 11.9. The molecule has 2 aromatic carbocycles. The first-order chi connectivity index (χ1) is 13.6. The molecule has 6 nitrogen and oxygen atoms in total. The van der Waals surface area contributed by atoms with Crippen LogP contribution in [0.25, 0.3) is 0 Å². The van der Waals surface area contributed by atoms with Gasteiger partial charge in [0.25, 0.3) is 0 Å². The summed E-state index contributed by atoms with van der Waals surface area (Å²) in [6, 6.07) is 15.3. The highest BCUT2D eigenvalue weighted by Gasteiger charge is 2.22. The molecule has 1 aliphatic heterocycles. The number of nitrogens with one attached hydrogen (secondary N) is 1. The highest BCUT2D eigenvalue weighted by atomic mass is 32.1. The lowest BCUT2D eigenvalue weighted by atomic mass is 10.2. The number of para-hydroxylation sites is 3. The Morgan fingerprint density at radius 1 is 1.07 bits per heavy atom. The van der Waals surface area contributed by atoms with Gasteiger partial charge in [0.1, 0.15) is 5.75 Å². The maximum Gasteiger partial charge on any atom is 0.339 e. The van der Waals surface area contributed by atoms with Gasteiger partial charge in [0, 0.05) is 26.2 Å². The van der Waals surface area contributed by atoms with Crippen LogP contribution in [0.2, 0.25) is 0 Å². The zero-order valence-electron chi connectivity index (χ0n) is 16.2. The van der Waals surface area contributed by atoms with Crippen LogP contribution in [0.5, 0.6) is 5.75 Å². The van der Waals surface area contributed by atoms with Gasteiger partial charge in [-0.25, -0.2) is 4.79 Å². The molecule has 0 amide bonds. The van der Waals surface area contributed by atoms with Gasteiger partial charge in [0.2, 0.25) is 0 Å². The predicted molar refractivity (Wildman–Crippen MR) is 115 cm³/mol. The quantitative estimate of drug-likeness (QED) is 0.611. The number of carbonyl (C=O) groups is 1. The first-order valence-corrected chi connectivity index (χ1v) is 9.75. The van der Waals surface area contributed by atoms with Gasteiger partial charge >= 0.3 is 5.97 Å². The van der Waals surface area contributed by atoms with Gasteiger partial charge < -0.3 is 24.6 Å². The summed E-state index contributed by atoms with van der Waals surface area (Å²) in [5, 5.41) is 3.80. The van der Waals surface area contributed by atoms with E-state index in [4.69, 9.17) is 21.7 Å². The molecular weight excluding hydrogens is 374 g/mol. The van der Waals surface area contributed by atoms with E-state index in [1.165, 1.54) is 7.11 Å². The van der Waals surface area contributed by atoms with Crippen LogP contribution in [0.4, 0.5) is 11.4 Å². The molecule has 2 aromatic rings. The molecule has 1 N–H and O–H groups in total. The molecule has 148 valence electrons. The number of carbonyl (C=O) groups excluding carboxylic acids is 1. The van der Waals surface area contributed by atoms with E-state index in [1.807, 2.05) is 37.3 Å². The third-order valence-electron chi connectivity index (χ3n) is 4.65. The van der Waals surface area contributed by atoms with Crippen molar-refractivity contribution < 1.29 is 14.3 Å². The predicted octanol–water partition coefficient (Wildman–Crippen LogP) is 3.39. The van der Waals surface area contributed by atoms with E-state index >= 15 is 0 Å². The second-order valence-electron chi connectivity index (χ2n) is 6.34. The van der Waals surface area contributed by atoms with Crippen molar-refractivity contribution in [3.63, 3.8) is 0 Å². The first-order valence-electron chi connectivity index (χ1n) is 9.34. The lowest BCUT2D eigenvalue weighted by Crippen LogP contribution is -2.50. The Balaban J connectivity index is 1.63. The summed E-state index contributed by atoms with van der Waals surface area (Å²) in [7, 11) is 1.37. The van der Waals surface area contributed by atoms with Gasteiger partial charge in [-0.3, -0.25) is 0 Å². The average Bonchev–Trinajstić information content (AvgIpc) is 2.74. The molecule has 1 aliphatic rings. The van der Waals surface area contributed by atoms with Gasteiger partial charge in [0.15, 0.2) is 5.11 Å². The summed E-state index contributed by atoms with van der Waals surface area (Å²) in [5.41, 5.74) is 2.24. The Morgan fingerprint density at radius 2 is 1.75 bits per heavy atom. The van der Waals surface area contributed by atoms with E-state index in [0.29, 0.717) is 23.0 Å². The number of hydrogen-bond donors (Lipinski definition) is 1. The number of piperazine rings is 1. The molecule has 28 heavy (non-hydrogen) atoms. The highest BCUT2D eigenvalue weighted by molar-refractivity contribution is 7.80. The summed E-state index contributed by atoms with van der Waals surface area (Å²) in [6.45, 7) is 5.88. The summed E-state index contributed by atoms with van der Waals surface area (Å²) >= 11 is 5.58. The number of ether oxygens (including phenoxy) is 2. The van der Waals surface area contributed by atoms with Crippen LogP contribution < -0.4 is 15.0 Å². The molecule has 1 fully saturated rings. The minimum absolute atomic E-state index is 0.386. The zero-order valence-corrected chi connectivity index (χ0v) is 17.0. The Morgan fingerprint density at radius 3 is 2.46 bits per heavy atom. The van der Waals surface area contributed by atoms with Crippen molar-refractivity contribution >= 4 is 34.7 Å². The van der Waals surface area contributed by atoms with Gasteiger partial charge in [-0.05, 0) is 43.4 Å². The number of nitrogens with zero attached hydrogens (tertiary/aromatic N) is 2. The molecule has 0 bridgehead atoms. The first kappa shape index (κ1) is 19.9. The Hall–Kier alpha value is -2.80. The van der Waals surface area contributed by atoms with Gasteiger partial charge in [0.05, 0.1) is 30.7 Å². The average molecular weight is 400 g/mol. The topological polar surface area (TPSA) is 54.0 Å². The van der Waals surface area contributed by atoms with Crippen LogP contribution >= 0.6 is 12.2 Å². The molecule has 0 atom stereocenters. The normalized spacial score (nSPS) is 13.8. The number of thiocarbonyl (C=S) groups is 1. The number of rotatable bonds is 5. The molecule has 0 unspecified atom stereocenters. The van der Waals surface area contributed by atoms with E-state index in [1.54, 1.807) is 12.1 Å². The van der Waals surface area contributed by atoms with Gasteiger partial charge in [-0.2, -0.15) is 0 Å². The van der Waals surface area contributed by atoms with E-state index in [2.05, 4.69) is 21.2 Å². The molecule has 0 spiro atoms. The van der Waals surface area contributed by atoms with Gasteiger partial charge in [-0.1, -0.05) is 24.3 Å². The SMILES string of the molecule is CCOc1ccccc1N1CCN(C(=S)Nc2ccccc2C(=O)OC)CC1. The Labute approximate surface area is 171 Å². The number of esters is 1. The fourth-order valence-corrected chi connectivity index (χ4v) is 3.51. The van der Waals surface area contributed by atoms with Crippen molar-refractivity contribution in [2.75, 3.05) is 50.1 Å². The minimum atomic E-state index is -0.386. The third kappa shape index (κ3) is 4.54. The van der Waals surface area contributed by atoms with Crippen molar-refractivity contribution in [2.24, 2.45) is 0 Å². The van der Waals surface area contributed by atoms with Crippen LogP contribution in [0.15, 0.2) is 48.5 Å². The molecule has 7 heteroatoms. The summed E-state index contributed by atoms with van der Waals surface area (Å²) in [5.74, 6) is 0.523. The third-order valence-corrected chi connectivity index (χ3v) is 5.01. The maximum atomic E-state index is 11.9. The molecule has 1 saturated heterocycles. The molecule has 3 rings (SSSR count). The molecular formula is C21H25N3O3S. The number of benzene rings is 2. The van der Waals surface area contributed by atoms with Crippen LogP contribution in [-0.4, -0.2) is 55.9 Å². The smallest absolute Gasteiger partial charge is 0.339 e. The molecule has 0 saturated carbocycles. The monoisotopic (exact) mass is 399 g/mol. The van der Waals surface area contributed by atoms with Gasteiger partial charge in [-0.15, -0.1) is 0 Å². The van der Waals surface area contributed by atoms with Crippen molar-refractivity contribution in [3.05, 3.63) is 54.1 Å². The van der Waals surface area contributed by atoms with Crippen LogP contribution in [0.1, 0.15) is 17.3 Å². The lowest BCUT2D eigenvalue weighted by Gasteiger charge is -2.38. The van der Waals surface area contributed by atoms with E-state index in [0.717, 1.165) is 37.6 Å². The lowest BCUT2D eigenvalue weighted by molar-refractivity contribution is 0.0602. The van der Waals surface area contributed by atoms with Crippen molar-refractivity contribution in [1.82, 2.24) is 4.90 Å². The van der Waals surface area contributed by atoms with Crippen LogP contribution in [0.3, 0.4) is 0 Å². The van der Waals surface area contributed by atoms with Crippen molar-refractivity contribution in [3.8, 4) is 5.75 Å². The fraction of sp³-hybridized carbons (Fsp3) is 0.333. The Kier molecular flexibility index (Phi) is 6.71. The van der Waals surface area contributed by atoms with E-state index in [9.17, 15) is 4.79 Å². The minimum Gasteiger partial charge on any atom is -0.492 e. The highest BCUT2D eigenvalue weighted by Crippen LogP contribution is 2.29. The zero-order chi connectivity index (χ0) is 19.9. The number of methoxy groups -OCH3 is 1. The second-order valence-corrected chi connectivity index (χ2v) is 6.73. The second kappa shape index (κ2) is 9.41. The number of hydrogen-bond acceptors (Lipinski definition) is 5. The van der Waals surface area contributed by atoms with Crippen molar-refractivity contribution in [2.45, 2.75) is 6.92 Å². The largest absolute Gasteiger partial charge is 0.492 e. The van der Waals surface area contributed by atoms with E-state index in [-0.39, 0.29) is 5.97 Å². The van der Waals surface area contributed by atoms with E-state index < -0.39 is 0 Å². The molecule has 1 heterocycles. The standard InChI is InChI=1S/C21H25N3O3S/c1-3-27-19-11-7-6-10-18(19)23-12-14-24(15-13-23)21(28)22-17-9-5-4-8-16(17)20(25)26-2/h4-11H,3,12-15H2,1-2H3,(H,22,28). The van der Waals surface area contributed by atoms with Crippen LogP contribution in [-0.2, 0) is 4.74 Å². The van der Waals surface area contributed by atoms with Crippen LogP contribution in [0, 0.1) is 0 Å². The summed E-state index contributed by atoms with van der Waals surface area (Å²) < 4.78 is 10.6. The molecule has 0 radical (unpaired) electrons. The summed E-state index contributed by atoms with van der Waals surface area (Å²) in [6.07, 6.45) is 0. The fourth-order valence-electron chi connectivity index (χ4n) is 3.22. The number of anilines is 2.